The number of furan rings is 1. The van der Waals surface area contributed by atoms with Crippen LogP contribution in [0.4, 0.5) is 5.69 Å². The van der Waals surface area contributed by atoms with Crippen molar-refractivity contribution in [3.63, 3.8) is 0 Å². The summed E-state index contributed by atoms with van der Waals surface area (Å²) in [6.45, 7) is 7.79. The van der Waals surface area contributed by atoms with E-state index in [9.17, 15) is 0 Å². The van der Waals surface area contributed by atoms with Gasteiger partial charge in [0, 0.05) is 27.5 Å². The molecule has 5 nitrogen and oxygen atoms in total. The predicted octanol–water partition coefficient (Wildman–Crippen LogP) is 15.7. The van der Waals surface area contributed by atoms with E-state index in [1.165, 1.54) is 22.3 Å². The number of nitrogens with zero attached hydrogens (tertiary/aromatic N) is 4. The maximum absolute atomic E-state index is 7.79. The Bertz CT molecular complexity index is 3500. The number of hydrogen-bond donors (Lipinski definition) is 0. The first-order valence-corrected chi connectivity index (χ1v) is 20.9. The van der Waals surface area contributed by atoms with E-state index >= 15 is 0 Å². The Morgan fingerprint density at radius 3 is 1.44 bits per heavy atom. The van der Waals surface area contributed by atoms with Crippen LogP contribution in [0.3, 0.4) is 0 Å². The fraction of sp³-hybridized carbons (Fsp3) is 0. The molecule has 9 aromatic carbocycles. The van der Waals surface area contributed by atoms with Crippen LogP contribution >= 0.6 is 0 Å². The highest BCUT2D eigenvalue weighted by molar-refractivity contribution is 6.13. The Labute approximate surface area is 365 Å². The zero-order valence-corrected chi connectivity index (χ0v) is 34.0. The second-order valence-corrected chi connectivity index (χ2v) is 15.5. The molecule has 0 saturated heterocycles. The number of aromatic nitrogens is 3. The summed E-state index contributed by atoms with van der Waals surface area (Å²) in [6, 6.07) is 74.7. The largest absolute Gasteiger partial charge is 0.456 e. The van der Waals surface area contributed by atoms with Crippen molar-refractivity contribution in [3.8, 4) is 89.8 Å². The summed E-state index contributed by atoms with van der Waals surface area (Å²) in [5.74, 6) is 1.61. The zero-order valence-electron chi connectivity index (χ0n) is 34.0. The van der Waals surface area contributed by atoms with Gasteiger partial charge in [-0.2, -0.15) is 0 Å². The first-order valence-electron chi connectivity index (χ1n) is 20.9. The first-order chi connectivity index (χ1) is 31.1. The Morgan fingerprint density at radius 1 is 0.317 bits per heavy atom. The second-order valence-electron chi connectivity index (χ2n) is 15.5. The lowest BCUT2D eigenvalue weighted by Gasteiger charge is -2.11. The molecule has 0 fully saturated rings. The molecule has 11 rings (SSSR count). The van der Waals surface area contributed by atoms with Gasteiger partial charge >= 0.3 is 0 Å². The van der Waals surface area contributed by atoms with Crippen LogP contribution in [-0.2, 0) is 0 Å². The number of benzene rings is 9. The standard InChI is InChI=1S/C58H36N4O/c1-59-52-23-9-8-21-49(52)46-19-11-20-47(36-46)57-60-56(43-31-27-41(28-32-43)45-18-10-17-44(35-45)39-15-6-3-7-16-39)61-58(62-57)48-33-34-51-54(37-48)63-53-24-12-22-50(55(51)53)42-29-25-40(26-30-42)38-13-4-2-5-14-38/h2-37H. The van der Waals surface area contributed by atoms with E-state index in [1.54, 1.807) is 0 Å². The van der Waals surface area contributed by atoms with Gasteiger partial charge in [-0.25, -0.2) is 19.8 Å². The Kier molecular flexibility index (Phi) is 9.50. The molecule has 0 aliphatic rings. The normalized spacial score (nSPS) is 11.2. The molecule has 0 aliphatic carbocycles. The van der Waals surface area contributed by atoms with Crippen molar-refractivity contribution in [1.82, 2.24) is 15.0 Å². The third-order valence-corrected chi connectivity index (χ3v) is 11.6. The lowest BCUT2D eigenvalue weighted by atomic mass is 9.96. The van der Waals surface area contributed by atoms with Gasteiger partial charge in [0.1, 0.15) is 11.2 Å². The summed E-state index contributed by atoms with van der Waals surface area (Å²) in [4.78, 5) is 19.1. The van der Waals surface area contributed by atoms with Crippen molar-refractivity contribution in [2.75, 3.05) is 0 Å². The van der Waals surface area contributed by atoms with Gasteiger partial charge in [0.2, 0.25) is 0 Å². The van der Waals surface area contributed by atoms with Crippen molar-refractivity contribution in [2.45, 2.75) is 0 Å². The highest BCUT2D eigenvalue weighted by atomic mass is 16.3. The van der Waals surface area contributed by atoms with Crippen LogP contribution in [0.25, 0.3) is 117 Å². The molecule has 63 heavy (non-hydrogen) atoms. The van der Waals surface area contributed by atoms with Gasteiger partial charge in [-0.1, -0.05) is 188 Å². The molecule has 0 radical (unpaired) electrons. The van der Waals surface area contributed by atoms with Crippen LogP contribution in [0, 0.1) is 6.57 Å². The third kappa shape index (κ3) is 7.22. The molecule has 0 aliphatic heterocycles. The van der Waals surface area contributed by atoms with Gasteiger partial charge in [-0.05, 0) is 86.0 Å². The SMILES string of the molecule is [C-]#[N+]c1ccccc1-c1cccc(-c2nc(-c3ccc(-c4cccc(-c5ccccc5)c4)cc3)nc(-c3ccc4c(c3)oc3cccc(-c5ccc(-c6ccccc6)cc5)c34)n2)c1. The van der Waals surface area contributed by atoms with Crippen molar-refractivity contribution >= 4 is 27.6 Å². The number of fused-ring (bicyclic) bond motifs is 3. The predicted molar refractivity (Wildman–Crippen MR) is 257 cm³/mol. The van der Waals surface area contributed by atoms with E-state index < -0.39 is 0 Å². The molecule has 0 spiro atoms. The number of hydrogen-bond acceptors (Lipinski definition) is 4. The van der Waals surface area contributed by atoms with Gasteiger partial charge < -0.3 is 4.42 Å². The molecule has 294 valence electrons. The Balaban J connectivity index is 1.00. The zero-order chi connectivity index (χ0) is 42.1. The topological polar surface area (TPSA) is 56.2 Å². The van der Waals surface area contributed by atoms with Crippen LogP contribution in [0.1, 0.15) is 0 Å². The molecule has 0 unspecified atom stereocenters. The van der Waals surface area contributed by atoms with Crippen molar-refractivity contribution in [3.05, 3.63) is 230 Å². The molecule has 0 bridgehead atoms. The van der Waals surface area contributed by atoms with Crippen LogP contribution < -0.4 is 0 Å². The van der Waals surface area contributed by atoms with Crippen LogP contribution in [-0.4, -0.2) is 15.0 Å². The van der Waals surface area contributed by atoms with Crippen LogP contribution in [0.5, 0.6) is 0 Å². The van der Waals surface area contributed by atoms with Gasteiger partial charge in [0.25, 0.3) is 0 Å². The van der Waals surface area contributed by atoms with Crippen LogP contribution in [0.15, 0.2) is 223 Å². The monoisotopic (exact) mass is 804 g/mol. The minimum absolute atomic E-state index is 0.528. The highest BCUT2D eigenvalue weighted by Crippen LogP contribution is 2.39. The molecule has 2 aromatic heterocycles. The molecule has 2 heterocycles. The lowest BCUT2D eigenvalue weighted by molar-refractivity contribution is 0.669. The number of rotatable bonds is 8. The van der Waals surface area contributed by atoms with Gasteiger partial charge in [0.05, 0.1) is 6.57 Å². The summed E-state index contributed by atoms with van der Waals surface area (Å²) in [5.41, 5.74) is 15.6. The minimum Gasteiger partial charge on any atom is -0.456 e. The summed E-state index contributed by atoms with van der Waals surface area (Å²) >= 11 is 0. The maximum atomic E-state index is 7.79. The van der Waals surface area contributed by atoms with E-state index in [1.807, 2.05) is 78.9 Å². The molecule has 0 saturated carbocycles. The highest BCUT2D eigenvalue weighted by Gasteiger charge is 2.18. The molecule has 0 atom stereocenters. The summed E-state index contributed by atoms with van der Waals surface area (Å²) < 4.78 is 6.58. The molecular formula is C58H36N4O. The van der Waals surface area contributed by atoms with Crippen LogP contribution in [0.2, 0.25) is 0 Å². The maximum Gasteiger partial charge on any atom is 0.194 e. The lowest BCUT2D eigenvalue weighted by Crippen LogP contribution is -2.00. The molecular weight excluding hydrogens is 769 g/mol. The van der Waals surface area contributed by atoms with E-state index in [4.69, 9.17) is 25.9 Å². The summed E-state index contributed by atoms with van der Waals surface area (Å²) in [6.07, 6.45) is 0. The van der Waals surface area contributed by atoms with E-state index in [-0.39, 0.29) is 0 Å². The van der Waals surface area contributed by atoms with Gasteiger partial charge in [-0.3, -0.25) is 0 Å². The van der Waals surface area contributed by atoms with Crippen molar-refractivity contribution < 1.29 is 4.42 Å². The molecule has 5 heteroatoms. The van der Waals surface area contributed by atoms with E-state index in [0.29, 0.717) is 23.2 Å². The quantitative estimate of drug-likeness (QED) is 0.144. The fourth-order valence-electron chi connectivity index (χ4n) is 8.40. The summed E-state index contributed by atoms with van der Waals surface area (Å²) in [7, 11) is 0. The van der Waals surface area contributed by atoms with E-state index in [0.717, 1.165) is 72.0 Å². The first kappa shape index (κ1) is 37.3. The van der Waals surface area contributed by atoms with Crippen molar-refractivity contribution in [1.29, 1.82) is 0 Å². The third-order valence-electron chi connectivity index (χ3n) is 11.6. The van der Waals surface area contributed by atoms with E-state index in [2.05, 4.69) is 144 Å². The van der Waals surface area contributed by atoms with Gasteiger partial charge in [-0.15, -0.1) is 0 Å². The average molecular weight is 805 g/mol. The van der Waals surface area contributed by atoms with Crippen molar-refractivity contribution in [2.24, 2.45) is 0 Å². The Morgan fingerprint density at radius 2 is 0.762 bits per heavy atom. The fourth-order valence-corrected chi connectivity index (χ4v) is 8.40. The second kappa shape index (κ2) is 16.0. The van der Waals surface area contributed by atoms with Gasteiger partial charge in [0.15, 0.2) is 23.2 Å². The average Bonchev–Trinajstić information content (AvgIpc) is 3.75. The molecule has 0 amide bonds. The molecule has 0 N–H and O–H groups in total. The smallest absolute Gasteiger partial charge is 0.194 e. The summed E-state index contributed by atoms with van der Waals surface area (Å²) in [5, 5.41) is 2.08. The number of para-hydroxylation sites is 1. The molecule has 11 aromatic rings. The Hall–Kier alpha value is -8.72. The minimum atomic E-state index is 0.528.